The van der Waals surface area contributed by atoms with Gasteiger partial charge in [0.1, 0.15) is 12.4 Å². The Kier molecular flexibility index (Phi) is 4.27. The number of benzene rings is 1. The van der Waals surface area contributed by atoms with Gasteiger partial charge in [0, 0.05) is 5.46 Å². The van der Waals surface area contributed by atoms with E-state index >= 15 is 0 Å². The van der Waals surface area contributed by atoms with Crippen LogP contribution in [0, 0.1) is 0 Å². The van der Waals surface area contributed by atoms with E-state index in [4.69, 9.17) is 25.5 Å². The third-order valence-corrected chi connectivity index (χ3v) is 4.12. The van der Waals surface area contributed by atoms with Gasteiger partial charge in [0.2, 0.25) is 0 Å². The van der Waals surface area contributed by atoms with Crippen molar-refractivity contribution in [3.05, 3.63) is 12.1 Å². The van der Waals surface area contributed by atoms with Gasteiger partial charge >= 0.3 is 7.12 Å². The van der Waals surface area contributed by atoms with Gasteiger partial charge in [0.15, 0.2) is 0 Å². The van der Waals surface area contributed by atoms with Crippen LogP contribution in [0.1, 0.15) is 27.7 Å². The molecule has 1 aliphatic rings. The molecule has 1 heterocycles. The van der Waals surface area contributed by atoms with E-state index in [1.54, 1.807) is 12.1 Å². The number of ether oxygens (including phenoxy) is 1. The zero-order valence-electron chi connectivity index (χ0n) is 13.2. The highest BCUT2D eigenvalue weighted by Crippen LogP contribution is 2.38. The summed E-state index contributed by atoms with van der Waals surface area (Å²) >= 11 is 0. The fourth-order valence-corrected chi connectivity index (χ4v) is 2.09. The zero-order valence-corrected chi connectivity index (χ0v) is 13.2. The molecule has 0 aromatic heterocycles. The Morgan fingerprint density at radius 1 is 1.14 bits per heavy atom. The Hall–Kier alpha value is -1.54. The van der Waals surface area contributed by atoms with E-state index in [0.717, 1.165) is 0 Å². The molecular weight excluding hydrogens is 293 g/mol. The summed E-state index contributed by atoms with van der Waals surface area (Å²) in [6.45, 7) is 6.81. The van der Waals surface area contributed by atoms with Gasteiger partial charge in [-0.05, 0) is 33.8 Å². The normalized spacial score (nSPS) is 19.7. The molecule has 0 bridgehead atoms. The molecule has 1 aliphatic heterocycles. The summed E-state index contributed by atoms with van der Waals surface area (Å²) < 4.78 is 41.9. The first-order chi connectivity index (χ1) is 10.0. The van der Waals surface area contributed by atoms with Crippen LogP contribution < -0.4 is 21.7 Å². The molecular formula is C14H21BF2N2O3. The molecule has 1 fully saturated rings. The quantitative estimate of drug-likeness (QED) is 0.654. The average molecular weight is 314 g/mol. The fourth-order valence-electron chi connectivity index (χ4n) is 2.09. The van der Waals surface area contributed by atoms with Gasteiger partial charge in [-0.3, -0.25) is 0 Å². The molecule has 0 saturated carbocycles. The highest BCUT2D eigenvalue weighted by molar-refractivity contribution is 6.63. The minimum atomic E-state index is -2.62. The fraction of sp³-hybridized carbons (Fsp3) is 0.571. The topological polar surface area (TPSA) is 79.7 Å². The predicted molar refractivity (Wildman–Crippen MR) is 82.5 cm³/mol. The first-order valence-electron chi connectivity index (χ1n) is 6.99. The van der Waals surface area contributed by atoms with Crippen LogP contribution in [0.3, 0.4) is 0 Å². The second kappa shape index (κ2) is 5.59. The summed E-state index contributed by atoms with van der Waals surface area (Å²) in [5.74, 6) is 0.0822. The molecule has 0 atom stereocenters. The average Bonchev–Trinajstić information content (AvgIpc) is 2.59. The van der Waals surface area contributed by atoms with Gasteiger partial charge in [-0.1, -0.05) is 6.07 Å². The molecule has 22 heavy (non-hydrogen) atoms. The lowest BCUT2D eigenvalue weighted by molar-refractivity contribution is 0.00578. The Balaban J connectivity index is 2.37. The molecule has 1 aromatic carbocycles. The molecule has 1 saturated heterocycles. The maximum Gasteiger partial charge on any atom is 0.498 e. The van der Waals surface area contributed by atoms with Gasteiger partial charge < -0.3 is 25.5 Å². The van der Waals surface area contributed by atoms with Gasteiger partial charge in [0.05, 0.1) is 22.6 Å². The summed E-state index contributed by atoms with van der Waals surface area (Å²) in [4.78, 5) is 0. The number of halogens is 2. The Labute approximate surface area is 129 Å². The van der Waals surface area contributed by atoms with E-state index in [2.05, 4.69) is 0 Å². The number of nitrogen functional groups attached to an aromatic ring is 2. The van der Waals surface area contributed by atoms with Crippen LogP contribution >= 0.6 is 0 Å². The van der Waals surface area contributed by atoms with Crippen molar-refractivity contribution in [2.75, 3.05) is 18.1 Å². The minimum Gasteiger partial charge on any atom is -0.486 e. The molecule has 0 unspecified atom stereocenters. The molecule has 4 N–H and O–H groups in total. The lowest BCUT2D eigenvalue weighted by Crippen LogP contribution is -2.41. The molecule has 1 aromatic rings. The first-order valence-corrected chi connectivity index (χ1v) is 6.99. The standard InChI is InChI=1S/C14H21BF2N2O3/c1-13(2)14(3,4)22-15(21-13)8-5-6-9(18)11(19)12(8)20-7-10(16)17/h5-6,10H,7,18-19H2,1-4H3. The van der Waals surface area contributed by atoms with Crippen LogP contribution in [0.15, 0.2) is 12.1 Å². The largest absolute Gasteiger partial charge is 0.498 e. The van der Waals surface area contributed by atoms with E-state index in [0.29, 0.717) is 5.46 Å². The minimum absolute atomic E-state index is 0.0822. The number of anilines is 2. The monoisotopic (exact) mass is 314 g/mol. The molecule has 0 radical (unpaired) electrons. The number of alkyl halides is 2. The smallest absolute Gasteiger partial charge is 0.486 e. The predicted octanol–water partition coefficient (Wildman–Crippen LogP) is 1.79. The van der Waals surface area contributed by atoms with Crippen molar-refractivity contribution < 1.29 is 22.8 Å². The van der Waals surface area contributed by atoms with Crippen molar-refractivity contribution in [2.45, 2.75) is 45.3 Å². The lowest BCUT2D eigenvalue weighted by atomic mass is 9.78. The lowest BCUT2D eigenvalue weighted by Gasteiger charge is -2.32. The third-order valence-electron chi connectivity index (χ3n) is 4.12. The molecule has 0 spiro atoms. The van der Waals surface area contributed by atoms with Gasteiger partial charge in [0.25, 0.3) is 6.43 Å². The summed E-state index contributed by atoms with van der Waals surface area (Å²) in [6.07, 6.45) is -2.62. The number of hydrogen-bond acceptors (Lipinski definition) is 5. The van der Waals surface area contributed by atoms with Crippen molar-refractivity contribution in [3.8, 4) is 5.75 Å². The Morgan fingerprint density at radius 2 is 1.68 bits per heavy atom. The first kappa shape index (κ1) is 16.8. The second-order valence-corrected chi connectivity index (χ2v) is 6.28. The van der Waals surface area contributed by atoms with E-state index in [9.17, 15) is 8.78 Å². The maximum atomic E-state index is 12.4. The van der Waals surface area contributed by atoms with Crippen molar-refractivity contribution >= 4 is 24.0 Å². The molecule has 0 aliphatic carbocycles. The molecule has 2 rings (SSSR count). The van der Waals surface area contributed by atoms with Crippen molar-refractivity contribution in [1.82, 2.24) is 0 Å². The summed E-state index contributed by atoms with van der Waals surface area (Å²) in [7, 11) is -0.763. The maximum absolute atomic E-state index is 12.4. The van der Waals surface area contributed by atoms with Gasteiger partial charge in [-0.15, -0.1) is 0 Å². The Morgan fingerprint density at radius 3 is 2.18 bits per heavy atom. The van der Waals surface area contributed by atoms with Crippen LogP contribution in [-0.2, 0) is 9.31 Å². The van der Waals surface area contributed by atoms with Crippen molar-refractivity contribution in [3.63, 3.8) is 0 Å². The number of nitrogens with two attached hydrogens (primary N) is 2. The summed E-state index contributed by atoms with van der Waals surface area (Å²) in [5, 5.41) is 0. The van der Waals surface area contributed by atoms with E-state index < -0.39 is 31.4 Å². The van der Waals surface area contributed by atoms with Crippen LogP contribution in [0.5, 0.6) is 5.75 Å². The van der Waals surface area contributed by atoms with E-state index in [1.807, 2.05) is 27.7 Å². The summed E-state index contributed by atoms with van der Waals surface area (Å²) in [5.41, 5.74) is 11.3. The highest BCUT2D eigenvalue weighted by atomic mass is 19.3. The van der Waals surface area contributed by atoms with E-state index in [-0.39, 0.29) is 17.1 Å². The van der Waals surface area contributed by atoms with Crippen LogP contribution in [0.2, 0.25) is 0 Å². The summed E-state index contributed by atoms with van der Waals surface area (Å²) in [6, 6.07) is 3.19. The van der Waals surface area contributed by atoms with Crippen molar-refractivity contribution in [1.29, 1.82) is 0 Å². The van der Waals surface area contributed by atoms with Crippen molar-refractivity contribution in [2.24, 2.45) is 0 Å². The molecule has 8 heteroatoms. The molecule has 0 amide bonds. The van der Waals surface area contributed by atoms with E-state index in [1.165, 1.54) is 0 Å². The zero-order chi connectivity index (χ0) is 16.7. The third kappa shape index (κ3) is 2.98. The van der Waals surface area contributed by atoms with Crippen LogP contribution in [0.4, 0.5) is 20.2 Å². The number of hydrogen-bond donors (Lipinski definition) is 2. The van der Waals surface area contributed by atoms with Gasteiger partial charge in [-0.25, -0.2) is 8.78 Å². The molecule has 5 nitrogen and oxygen atoms in total. The highest BCUT2D eigenvalue weighted by Gasteiger charge is 2.52. The second-order valence-electron chi connectivity index (χ2n) is 6.28. The Bertz CT molecular complexity index is 551. The number of rotatable bonds is 4. The SMILES string of the molecule is CC1(C)OB(c2ccc(N)c(N)c2OCC(F)F)OC1(C)C. The van der Waals surface area contributed by atoms with Gasteiger partial charge in [-0.2, -0.15) is 0 Å². The van der Waals surface area contributed by atoms with Crippen LogP contribution in [-0.4, -0.2) is 31.4 Å². The molecule has 122 valence electrons. The van der Waals surface area contributed by atoms with Crippen LogP contribution in [0.25, 0.3) is 0 Å².